The highest BCUT2D eigenvalue weighted by molar-refractivity contribution is 7.89. The Morgan fingerprint density at radius 3 is 2.73 bits per heavy atom. The summed E-state index contributed by atoms with van der Waals surface area (Å²) < 4.78 is 36.0. The molecule has 8 nitrogen and oxygen atoms in total. The third-order valence-electron chi connectivity index (χ3n) is 3.53. The fourth-order valence-corrected chi connectivity index (χ4v) is 3.98. The number of amides is 1. The lowest BCUT2D eigenvalue weighted by Crippen LogP contribution is -2.51. The molecule has 1 amide bonds. The molecule has 1 aromatic heterocycles. The predicted molar refractivity (Wildman–Crippen MR) is 75.6 cm³/mol. The van der Waals surface area contributed by atoms with Crippen LogP contribution < -0.4 is 5.32 Å². The smallest absolute Gasteiger partial charge is 0.374 e. The van der Waals surface area contributed by atoms with Gasteiger partial charge in [0.1, 0.15) is 6.04 Å². The van der Waals surface area contributed by atoms with Gasteiger partial charge in [-0.3, -0.25) is 4.79 Å². The third-order valence-corrected chi connectivity index (χ3v) is 5.32. The number of hydrogen-bond donors (Lipinski definition) is 1. The highest BCUT2D eigenvalue weighted by atomic mass is 32.2. The van der Waals surface area contributed by atoms with E-state index in [0.29, 0.717) is 12.8 Å². The summed E-state index contributed by atoms with van der Waals surface area (Å²) in [6.07, 6.45) is 1.89. The number of methoxy groups -OCH3 is 1. The van der Waals surface area contributed by atoms with Gasteiger partial charge in [-0.15, -0.1) is 0 Å². The van der Waals surface area contributed by atoms with Crippen LogP contribution in [0.25, 0.3) is 0 Å². The molecule has 22 heavy (non-hydrogen) atoms. The molecule has 1 aliphatic rings. The van der Waals surface area contributed by atoms with Crippen molar-refractivity contribution in [1.82, 2.24) is 9.62 Å². The lowest BCUT2D eigenvalue weighted by Gasteiger charge is -2.32. The van der Waals surface area contributed by atoms with Crippen LogP contribution in [-0.4, -0.2) is 51.3 Å². The van der Waals surface area contributed by atoms with Crippen LogP contribution in [0.1, 0.15) is 29.8 Å². The molecule has 0 radical (unpaired) electrons. The Balaban J connectivity index is 2.33. The Morgan fingerprint density at radius 2 is 2.09 bits per heavy atom. The van der Waals surface area contributed by atoms with E-state index in [4.69, 9.17) is 4.42 Å². The molecule has 1 aromatic rings. The zero-order valence-corrected chi connectivity index (χ0v) is 13.2. The summed E-state index contributed by atoms with van der Waals surface area (Å²) in [6, 6.07) is 1.66. The number of nitrogens with zero attached hydrogens (tertiary/aromatic N) is 1. The molecule has 0 spiro atoms. The molecule has 1 saturated heterocycles. The van der Waals surface area contributed by atoms with Gasteiger partial charge in [0, 0.05) is 13.6 Å². The molecule has 0 aliphatic carbocycles. The minimum atomic E-state index is -3.99. The summed E-state index contributed by atoms with van der Waals surface area (Å²) in [6.45, 7) is 0.231. The minimum absolute atomic E-state index is 0.199. The maximum Gasteiger partial charge on any atom is 0.374 e. The molecular formula is C13H18N2O6S. The van der Waals surface area contributed by atoms with Crippen molar-refractivity contribution >= 4 is 21.9 Å². The van der Waals surface area contributed by atoms with Gasteiger partial charge in [-0.25, -0.2) is 13.2 Å². The first kappa shape index (κ1) is 16.5. The first-order valence-electron chi connectivity index (χ1n) is 6.83. The molecule has 1 unspecified atom stereocenters. The first-order chi connectivity index (χ1) is 10.4. The number of esters is 1. The van der Waals surface area contributed by atoms with Crippen molar-refractivity contribution in [3.63, 3.8) is 0 Å². The summed E-state index contributed by atoms with van der Waals surface area (Å²) in [5, 5.41) is 2.10. The molecule has 1 atom stereocenters. The molecule has 1 N–H and O–H groups in total. The molecule has 0 saturated carbocycles. The van der Waals surface area contributed by atoms with Crippen molar-refractivity contribution in [1.29, 1.82) is 0 Å². The average molecular weight is 330 g/mol. The Bertz CT molecular complexity index is 666. The van der Waals surface area contributed by atoms with Gasteiger partial charge in [0.05, 0.1) is 7.11 Å². The number of carbonyl (C=O) groups is 2. The summed E-state index contributed by atoms with van der Waals surface area (Å²) in [5.41, 5.74) is 0. The van der Waals surface area contributed by atoms with Gasteiger partial charge in [-0.1, -0.05) is 6.42 Å². The van der Waals surface area contributed by atoms with Crippen LogP contribution in [0.3, 0.4) is 0 Å². The van der Waals surface area contributed by atoms with E-state index in [9.17, 15) is 18.0 Å². The van der Waals surface area contributed by atoms with Gasteiger partial charge < -0.3 is 14.5 Å². The van der Waals surface area contributed by atoms with Gasteiger partial charge >= 0.3 is 5.97 Å². The summed E-state index contributed by atoms with van der Waals surface area (Å²) >= 11 is 0. The van der Waals surface area contributed by atoms with E-state index in [0.717, 1.165) is 10.7 Å². The Kier molecular flexibility index (Phi) is 4.87. The van der Waals surface area contributed by atoms with Crippen LogP contribution in [0.2, 0.25) is 0 Å². The van der Waals surface area contributed by atoms with Crippen LogP contribution in [0, 0.1) is 0 Å². The van der Waals surface area contributed by atoms with E-state index in [-0.39, 0.29) is 23.3 Å². The van der Waals surface area contributed by atoms with Crippen molar-refractivity contribution in [2.75, 3.05) is 20.7 Å². The van der Waals surface area contributed by atoms with Crippen LogP contribution in [0.4, 0.5) is 0 Å². The van der Waals surface area contributed by atoms with Crippen molar-refractivity contribution in [3.05, 3.63) is 17.9 Å². The fourth-order valence-electron chi connectivity index (χ4n) is 2.41. The number of ether oxygens (including phenoxy) is 1. The number of carbonyl (C=O) groups excluding carboxylic acids is 2. The van der Waals surface area contributed by atoms with Crippen LogP contribution >= 0.6 is 0 Å². The predicted octanol–water partition coefficient (Wildman–Crippen LogP) is 0.355. The van der Waals surface area contributed by atoms with E-state index < -0.39 is 22.0 Å². The lowest BCUT2D eigenvalue weighted by atomic mass is 10.0. The average Bonchev–Trinajstić information content (AvgIpc) is 3.04. The highest BCUT2D eigenvalue weighted by Gasteiger charge is 2.39. The number of rotatable bonds is 4. The van der Waals surface area contributed by atoms with E-state index >= 15 is 0 Å². The monoisotopic (exact) mass is 330 g/mol. The maximum absolute atomic E-state index is 12.6. The second kappa shape index (κ2) is 6.49. The van der Waals surface area contributed by atoms with E-state index in [1.807, 2.05) is 0 Å². The molecule has 9 heteroatoms. The van der Waals surface area contributed by atoms with E-state index in [1.54, 1.807) is 0 Å². The van der Waals surface area contributed by atoms with Crippen LogP contribution in [-0.2, 0) is 19.6 Å². The highest BCUT2D eigenvalue weighted by Crippen LogP contribution is 2.26. The molecule has 0 bridgehead atoms. The molecule has 0 aromatic carbocycles. The van der Waals surface area contributed by atoms with Gasteiger partial charge in [-0.2, -0.15) is 4.31 Å². The van der Waals surface area contributed by atoms with E-state index in [2.05, 4.69) is 10.1 Å². The van der Waals surface area contributed by atoms with Gasteiger partial charge in [-0.05, 0) is 25.0 Å². The number of furan rings is 1. The molecule has 1 aliphatic heterocycles. The van der Waals surface area contributed by atoms with Crippen molar-refractivity contribution < 1.29 is 27.2 Å². The standard InChI is InChI=1S/C13H18N2O6S/c1-14-12(16)9-5-3-4-8-15(9)22(18,19)11-7-6-10(21-11)13(17)20-2/h6-7,9H,3-5,8H2,1-2H3,(H,14,16). The summed E-state index contributed by atoms with van der Waals surface area (Å²) in [4.78, 5) is 23.3. The lowest BCUT2D eigenvalue weighted by molar-refractivity contribution is -0.125. The Hall–Kier alpha value is -1.87. The minimum Gasteiger partial charge on any atom is -0.463 e. The number of nitrogens with one attached hydrogen (secondary N) is 1. The molecular weight excluding hydrogens is 312 g/mol. The number of piperidine rings is 1. The van der Waals surface area contributed by atoms with E-state index in [1.165, 1.54) is 26.3 Å². The zero-order chi connectivity index (χ0) is 16.3. The fraction of sp³-hybridized carbons (Fsp3) is 0.538. The SMILES string of the molecule is CNC(=O)C1CCCCN1S(=O)(=O)c1ccc(C(=O)OC)o1. The van der Waals surface area contributed by atoms with Gasteiger partial charge in [0.2, 0.25) is 16.8 Å². The number of likely N-dealkylation sites (N-methyl/N-ethyl adjacent to an activating group) is 1. The maximum atomic E-state index is 12.6. The summed E-state index contributed by atoms with van der Waals surface area (Å²) in [5.74, 6) is -1.32. The van der Waals surface area contributed by atoms with Crippen molar-refractivity contribution in [2.24, 2.45) is 0 Å². The molecule has 1 fully saturated rings. The molecule has 2 heterocycles. The Labute approximate surface area is 128 Å². The van der Waals surface area contributed by atoms with Gasteiger partial charge in [0.25, 0.3) is 10.0 Å². The topological polar surface area (TPSA) is 106 Å². The molecule has 122 valence electrons. The second-order valence-corrected chi connectivity index (χ2v) is 6.67. The van der Waals surface area contributed by atoms with Crippen molar-refractivity contribution in [2.45, 2.75) is 30.4 Å². The second-order valence-electron chi connectivity index (χ2n) is 4.85. The first-order valence-corrected chi connectivity index (χ1v) is 8.27. The molecule has 2 rings (SSSR count). The van der Waals surface area contributed by atoms with Crippen LogP contribution in [0.15, 0.2) is 21.6 Å². The Morgan fingerprint density at radius 1 is 1.36 bits per heavy atom. The number of hydrogen-bond acceptors (Lipinski definition) is 6. The van der Waals surface area contributed by atoms with Gasteiger partial charge in [0.15, 0.2) is 0 Å². The zero-order valence-electron chi connectivity index (χ0n) is 12.4. The summed E-state index contributed by atoms with van der Waals surface area (Å²) in [7, 11) is -1.35. The van der Waals surface area contributed by atoms with Crippen LogP contribution in [0.5, 0.6) is 0 Å². The van der Waals surface area contributed by atoms with Crippen molar-refractivity contribution in [3.8, 4) is 0 Å². The normalized spacial score (nSPS) is 19.6. The third kappa shape index (κ3) is 3.00. The number of sulfonamides is 1. The quantitative estimate of drug-likeness (QED) is 0.799. The largest absolute Gasteiger partial charge is 0.463 e.